The molecule has 0 aliphatic heterocycles. The molecule has 0 saturated carbocycles. The van der Waals surface area contributed by atoms with Crippen LogP contribution >= 0.6 is 11.6 Å². The van der Waals surface area contributed by atoms with Crippen LogP contribution in [-0.4, -0.2) is 22.8 Å². The van der Waals surface area contributed by atoms with Gasteiger partial charge in [-0.05, 0) is 55.8 Å². The van der Waals surface area contributed by atoms with E-state index in [4.69, 9.17) is 16.3 Å². The quantitative estimate of drug-likeness (QED) is 0.432. The zero-order valence-corrected chi connectivity index (χ0v) is 19.2. The summed E-state index contributed by atoms with van der Waals surface area (Å²) in [5.41, 5.74) is 3.05. The van der Waals surface area contributed by atoms with Gasteiger partial charge < -0.3 is 10.1 Å². The molecule has 6 nitrogen and oxygen atoms in total. The Bertz CT molecular complexity index is 1380. The first-order valence-electron chi connectivity index (χ1n) is 10.3. The zero-order valence-electron chi connectivity index (χ0n) is 18.4. The Morgan fingerprint density at radius 1 is 0.970 bits per heavy atom. The topological polar surface area (TPSA) is 73.2 Å². The minimum Gasteiger partial charge on any atom is -0.497 e. The van der Waals surface area contributed by atoms with Crippen molar-refractivity contribution in [1.82, 2.24) is 9.78 Å². The van der Waals surface area contributed by atoms with Crippen LogP contribution in [0.1, 0.15) is 21.6 Å². The van der Waals surface area contributed by atoms with Crippen LogP contribution in [-0.2, 0) is 0 Å². The second-order valence-electron chi connectivity index (χ2n) is 7.55. The summed E-state index contributed by atoms with van der Waals surface area (Å²) in [5, 5.41) is 7.69. The third-order valence-corrected chi connectivity index (χ3v) is 5.59. The number of rotatable bonds is 5. The highest BCUT2D eigenvalue weighted by Crippen LogP contribution is 2.29. The average molecular weight is 460 g/mol. The number of amides is 1. The summed E-state index contributed by atoms with van der Waals surface area (Å²) in [6.45, 7) is 3.64. The van der Waals surface area contributed by atoms with E-state index in [9.17, 15) is 9.59 Å². The normalized spacial score (nSPS) is 10.7. The zero-order chi connectivity index (χ0) is 23.5. The second kappa shape index (κ2) is 9.30. The van der Waals surface area contributed by atoms with Gasteiger partial charge in [-0.3, -0.25) is 9.59 Å². The Hall–Kier alpha value is -3.90. The predicted octanol–water partition coefficient (Wildman–Crippen LogP) is 5.43. The lowest BCUT2D eigenvalue weighted by atomic mass is 10.0. The maximum absolute atomic E-state index is 13.3. The number of benzene rings is 3. The molecule has 0 saturated heterocycles. The minimum atomic E-state index is -0.443. The summed E-state index contributed by atoms with van der Waals surface area (Å²) >= 11 is 6.25. The number of ether oxygens (including phenoxy) is 1. The molecular formula is C26H22ClN3O3. The highest BCUT2D eigenvalue weighted by molar-refractivity contribution is 6.34. The first-order valence-corrected chi connectivity index (χ1v) is 10.7. The fraction of sp³-hybridized carbons (Fsp3) is 0.115. The highest BCUT2D eigenvalue weighted by atomic mass is 35.5. The van der Waals surface area contributed by atoms with E-state index in [0.717, 1.165) is 5.56 Å². The highest BCUT2D eigenvalue weighted by Gasteiger charge is 2.21. The molecule has 1 amide bonds. The van der Waals surface area contributed by atoms with Crippen LogP contribution in [0.4, 0.5) is 5.82 Å². The standard InChI is InChI=1S/C26H22ClN3O3/c1-16-8-12-19(13-9-16)30-25(28-26(32)21-6-4-5-7-22(21)27)23(24(31)17(2)29-30)18-10-14-20(33-3)15-11-18/h4-15H,1-3H3,(H,28,32). The van der Waals surface area contributed by atoms with Crippen LogP contribution in [0.5, 0.6) is 5.75 Å². The molecule has 3 aromatic carbocycles. The number of aryl methyl sites for hydroxylation is 2. The van der Waals surface area contributed by atoms with Gasteiger partial charge in [-0.2, -0.15) is 5.10 Å². The molecule has 0 atom stereocenters. The number of halogens is 1. The van der Waals surface area contributed by atoms with Crippen molar-refractivity contribution in [2.24, 2.45) is 0 Å². The molecule has 0 spiro atoms. The lowest BCUT2D eigenvalue weighted by Gasteiger charge is -2.19. The minimum absolute atomic E-state index is 0.254. The molecule has 0 fully saturated rings. The number of carbonyl (C=O) groups excluding carboxylic acids is 1. The van der Waals surface area contributed by atoms with Crippen molar-refractivity contribution in [2.45, 2.75) is 13.8 Å². The number of hydrogen-bond acceptors (Lipinski definition) is 4. The van der Waals surface area contributed by atoms with Crippen molar-refractivity contribution in [1.29, 1.82) is 0 Å². The van der Waals surface area contributed by atoms with E-state index >= 15 is 0 Å². The maximum Gasteiger partial charge on any atom is 0.258 e. The summed E-state index contributed by atoms with van der Waals surface area (Å²) in [6.07, 6.45) is 0. The number of hydrogen-bond donors (Lipinski definition) is 1. The van der Waals surface area contributed by atoms with Gasteiger partial charge in [-0.25, -0.2) is 4.68 Å². The summed E-state index contributed by atoms with van der Waals surface area (Å²) in [6, 6.07) is 21.5. The van der Waals surface area contributed by atoms with Gasteiger partial charge in [-0.15, -0.1) is 0 Å². The number of carbonyl (C=O) groups is 1. The molecule has 0 aliphatic carbocycles. The first kappa shape index (κ1) is 22.3. The largest absolute Gasteiger partial charge is 0.497 e. The number of nitrogens with one attached hydrogen (secondary N) is 1. The third-order valence-electron chi connectivity index (χ3n) is 5.26. The Morgan fingerprint density at radius 2 is 1.64 bits per heavy atom. The van der Waals surface area contributed by atoms with Gasteiger partial charge in [0.25, 0.3) is 5.91 Å². The van der Waals surface area contributed by atoms with Gasteiger partial charge in [0, 0.05) is 0 Å². The van der Waals surface area contributed by atoms with Gasteiger partial charge >= 0.3 is 0 Å². The molecule has 4 aromatic rings. The SMILES string of the molecule is COc1ccc(-c2c(NC(=O)c3ccccc3Cl)n(-c3ccc(C)cc3)nc(C)c2=O)cc1. The smallest absolute Gasteiger partial charge is 0.258 e. The molecule has 0 aliphatic rings. The van der Waals surface area contributed by atoms with Crippen LogP contribution < -0.4 is 15.5 Å². The molecular weight excluding hydrogens is 438 g/mol. The fourth-order valence-corrected chi connectivity index (χ4v) is 3.70. The van der Waals surface area contributed by atoms with Crippen molar-refractivity contribution >= 4 is 23.3 Å². The third kappa shape index (κ3) is 4.52. The van der Waals surface area contributed by atoms with Crippen molar-refractivity contribution in [3.8, 4) is 22.6 Å². The Labute approximate surface area is 196 Å². The van der Waals surface area contributed by atoms with Crippen LogP contribution in [0.25, 0.3) is 16.8 Å². The molecule has 166 valence electrons. The summed E-state index contributed by atoms with van der Waals surface area (Å²) < 4.78 is 6.82. The van der Waals surface area contributed by atoms with Crippen LogP contribution in [0.3, 0.4) is 0 Å². The van der Waals surface area contributed by atoms with Crippen LogP contribution in [0, 0.1) is 13.8 Å². The Kier molecular flexibility index (Phi) is 6.29. The molecule has 1 aromatic heterocycles. The molecule has 0 radical (unpaired) electrons. The predicted molar refractivity (Wildman–Crippen MR) is 131 cm³/mol. The molecule has 7 heteroatoms. The molecule has 33 heavy (non-hydrogen) atoms. The van der Waals surface area contributed by atoms with Gasteiger partial charge in [0.1, 0.15) is 17.3 Å². The van der Waals surface area contributed by atoms with Gasteiger partial charge in [0.05, 0.1) is 28.9 Å². The Morgan fingerprint density at radius 3 is 2.27 bits per heavy atom. The maximum atomic E-state index is 13.3. The summed E-state index contributed by atoms with van der Waals surface area (Å²) in [5.74, 6) is 0.468. The fourth-order valence-electron chi connectivity index (χ4n) is 3.47. The van der Waals surface area contributed by atoms with Crippen molar-refractivity contribution in [3.63, 3.8) is 0 Å². The number of nitrogens with zero attached hydrogens (tertiary/aromatic N) is 2. The first-order chi connectivity index (χ1) is 15.9. The number of anilines is 1. The van der Waals surface area contributed by atoms with Crippen molar-refractivity contribution < 1.29 is 9.53 Å². The average Bonchev–Trinajstić information content (AvgIpc) is 2.82. The van der Waals surface area contributed by atoms with Crippen LogP contribution in [0.2, 0.25) is 5.02 Å². The van der Waals surface area contributed by atoms with Gasteiger partial charge in [-0.1, -0.05) is 53.6 Å². The summed E-state index contributed by atoms with van der Waals surface area (Å²) in [7, 11) is 1.57. The van der Waals surface area contributed by atoms with Crippen molar-refractivity contribution in [2.75, 3.05) is 12.4 Å². The van der Waals surface area contributed by atoms with E-state index in [0.29, 0.717) is 38.8 Å². The van der Waals surface area contributed by atoms with Crippen molar-refractivity contribution in [3.05, 3.63) is 105 Å². The monoisotopic (exact) mass is 459 g/mol. The lowest BCUT2D eigenvalue weighted by Crippen LogP contribution is -2.25. The second-order valence-corrected chi connectivity index (χ2v) is 7.96. The Balaban J connectivity index is 1.96. The van der Waals surface area contributed by atoms with E-state index in [1.54, 1.807) is 67.2 Å². The van der Waals surface area contributed by atoms with E-state index < -0.39 is 5.91 Å². The van der Waals surface area contributed by atoms with Gasteiger partial charge in [0.2, 0.25) is 5.43 Å². The van der Waals surface area contributed by atoms with E-state index in [2.05, 4.69) is 10.4 Å². The van der Waals surface area contributed by atoms with Crippen LogP contribution in [0.15, 0.2) is 77.6 Å². The number of aromatic nitrogens is 2. The van der Waals surface area contributed by atoms with E-state index in [-0.39, 0.29) is 11.2 Å². The van der Waals surface area contributed by atoms with E-state index in [1.165, 1.54) is 0 Å². The molecule has 0 unspecified atom stereocenters. The molecule has 1 heterocycles. The molecule has 0 bridgehead atoms. The summed E-state index contributed by atoms with van der Waals surface area (Å²) in [4.78, 5) is 26.5. The molecule has 1 N–H and O–H groups in total. The van der Waals surface area contributed by atoms with Gasteiger partial charge in [0.15, 0.2) is 0 Å². The molecule has 4 rings (SSSR count). The number of methoxy groups -OCH3 is 1. The lowest BCUT2D eigenvalue weighted by molar-refractivity contribution is 0.102. The van der Waals surface area contributed by atoms with E-state index in [1.807, 2.05) is 31.2 Å².